The fraction of sp³-hybridized carbons (Fsp3) is 0.947. The highest BCUT2D eigenvalue weighted by molar-refractivity contribution is 5.80. The molecule has 5 heteroatoms. The maximum atomic E-state index is 12.6. The molecule has 24 heavy (non-hydrogen) atoms. The predicted octanol–water partition coefficient (Wildman–Crippen LogP) is 2.13. The summed E-state index contributed by atoms with van der Waals surface area (Å²) in [6.45, 7) is 2.59. The highest BCUT2D eigenvalue weighted by atomic mass is 16.5. The first-order valence-corrected chi connectivity index (χ1v) is 9.86. The number of nitrogens with two attached hydrogens (primary N) is 1. The predicted molar refractivity (Wildman–Crippen MR) is 91.5 cm³/mol. The van der Waals surface area contributed by atoms with E-state index < -0.39 is 0 Å². The fourth-order valence-electron chi connectivity index (χ4n) is 5.37. The average molecular weight is 336 g/mol. The van der Waals surface area contributed by atoms with E-state index in [1.54, 1.807) is 0 Å². The molecule has 2 heterocycles. The number of hydrogen-bond acceptors (Lipinski definition) is 4. The number of ether oxygens (including phenoxy) is 2. The molecule has 3 N–H and O–H groups in total. The van der Waals surface area contributed by atoms with Gasteiger partial charge in [0.1, 0.15) is 0 Å². The van der Waals surface area contributed by atoms with Crippen LogP contribution in [-0.4, -0.2) is 43.4 Å². The molecule has 1 unspecified atom stereocenters. The largest absolute Gasteiger partial charge is 0.381 e. The Morgan fingerprint density at radius 2 is 1.67 bits per heavy atom. The minimum absolute atomic E-state index is 0.0849. The molecule has 2 aliphatic heterocycles. The van der Waals surface area contributed by atoms with E-state index >= 15 is 0 Å². The van der Waals surface area contributed by atoms with E-state index in [-0.39, 0.29) is 23.5 Å². The Morgan fingerprint density at radius 1 is 0.958 bits per heavy atom. The number of rotatable bonds is 2. The summed E-state index contributed by atoms with van der Waals surface area (Å²) in [7, 11) is 0. The van der Waals surface area contributed by atoms with Crippen LogP contribution in [0.1, 0.15) is 64.2 Å². The fourth-order valence-corrected chi connectivity index (χ4v) is 5.37. The lowest BCUT2D eigenvalue weighted by Gasteiger charge is -2.50. The van der Waals surface area contributed by atoms with Crippen molar-refractivity contribution in [3.05, 3.63) is 0 Å². The lowest BCUT2D eigenvalue weighted by Crippen LogP contribution is -2.57. The van der Waals surface area contributed by atoms with Gasteiger partial charge in [0.15, 0.2) is 0 Å². The zero-order chi connectivity index (χ0) is 16.6. The van der Waals surface area contributed by atoms with Crippen LogP contribution in [0.5, 0.6) is 0 Å². The first-order chi connectivity index (χ1) is 11.6. The molecule has 0 bridgehead atoms. The second kappa shape index (κ2) is 6.58. The van der Waals surface area contributed by atoms with Gasteiger partial charge < -0.3 is 20.5 Å². The lowest BCUT2D eigenvalue weighted by atomic mass is 9.65. The van der Waals surface area contributed by atoms with Crippen molar-refractivity contribution in [1.82, 2.24) is 5.32 Å². The Kier molecular flexibility index (Phi) is 4.61. The van der Waals surface area contributed by atoms with Crippen LogP contribution in [0.3, 0.4) is 0 Å². The van der Waals surface area contributed by atoms with Gasteiger partial charge in [0.05, 0.1) is 5.60 Å². The van der Waals surface area contributed by atoms with E-state index in [9.17, 15) is 4.79 Å². The summed E-state index contributed by atoms with van der Waals surface area (Å²) in [6, 6.07) is 0.619. The minimum atomic E-state index is -0.0849. The van der Waals surface area contributed by atoms with E-state index in [0.29, 0.717) is 11.5 Å². The van der Waals surface area contributed by atoms with Gasteiger partial charge in [0.25, 0.3) is 0 Å². The quantitative estimate of drug-likeness (QED) is 0.810. The molecule has 0 aromatic heterocycles. The van der Waals surface area contributed by atoms with Gasteiger partial charge in [-0.25, -0.2) is 0 Å². The summed E-state index contributed by atoms with van der Waals surface area (Å²) in [5.41, 5.74) is 6.49. The number of carbonyl (C=O) groups is 1. The van der Waals surface area contributed by atoms with Crippen molar-refractivity contribution >= 4 is 5.91 Å². The Balaban J connectivity index is 1.22. The topological polar surface area (TPSA) is 73.6 Å². The first-order valence-electron chi connectivity index (χ1n) is 9.86. The van der Waals surface area contributed by atoms with Crippen molar-refractivity contribution in [1.29, 1.82) is 0 Å². The molecule has 0 radical (unpaired) electrons. The van der Waals surface area contributed by atoms with E-state index in [4.69, 9.17) is 15.2 Å². The molecular weight excluding hydrogens is 304 g/mol. The van der Waals surface area contributed by atoms with Gasteiger partial charge in [0, 0.05) is 37.8 Å². The summed E-state index contributed by atoms with van der Waals surface area (Å²) in [5, 5.41) is 3.32. The molecule has 2 saturated carbocycles. The van der Waals surface area contributed by atoms with Gasteiger partial charge in [-0.1, -0.05) is 0 Å². The molecule has 1 atom stereocenters. The zero-order valence-electron chi connectivity index (χ0n) is 14.7. The molecule has 2 saturated heterocycles. The third-order valence-electron chi connectivity index (χ3n) is 7.08. The van der Waals surface area contributed by atoms with Gasteiger partial charge in [-0.3, -0.25) is 4.79 Å². The van der Waals surface area contributed by atoms with Crippen molar-refractivity contribution in [2.45, 2.75) is 81.9 Å². The zero-order valence-corrected chi connectivity index (χ0v) is 14.7. The van der Waals surface area contributed by atoms with Crippen LogP contribution in [-0.2, 0) is 14.3 Å². The van der Waals surface area contributed by atoms with Crippen molar-refractivity contribution in [2.75, 3.05) is 19.8 Å². The van der Waals surface area contributed by atoms with Crippen LogP contribution in [0.2, 0.25) is 0 Å². The lowest BCUT2D eigenvalue weighted by molar-refractivity contribution is -0.170. The standard InChI is InChI=1S/C19H32N2O3/c20-15-3-8-24-19(13-15)11-14(12-19)17(22)21-16-1-4-18(5-2-16)6-9-23-10-7-18/h14-16H,1-13,20H2,(H,21,22). The summed E-state index contributed by atoms with van der Waals surface area (Å²) in [6.07, 6.45) is 10.8. The molecule has 4 fully saturated rings. The second-order valence-corrected chi connectivity index (χ2v) is 8.78. The summed E-state index contributed by atoms with van der Waals surface area (Å²) < 4.78 is 11.5. The summed E-state index contributed by atoms with van der Waals surface area (Å²) in [5.74, 6) is 0.380. The van der Waals surface area contributed by atoms with E-state index in [2.05, 4.69) is 5.32 Å². The van der Waals surface area contributed by atoms with Crippen LogP contribution in [0.25, 0.3) is 0 Å². The van der Waals surface area contributed by atoms with Crippen molar-refractivity contribution in [3.8, 4) is 0 Å². The summed E-state index contributed by atoms with van der Waals surface area (Å²) >= 11 is 0. The van der Waals surface area contributed by atoms with Crippen LogP contribution in [0.15, 0.2) is 0 Å². The SMILES string of the molecule is NC1CCOC2(C1)CC(C(=O)NC1CCC3(CCOCC3)CC1)C2. The number of carbonyl (C=O) groups excluding carboxylic acids is 1. The van der Waals surface area contributed by atoms with Gasteiger partial charge >= 0.3 is 0 Å². The molecule has 4 aliphatic rings. The van der Waals surface area contributed by atoms with Gasteiger partial charge in [-0.05, 0) is 69.6 Å². The van der Waals surface area contributed by atoms with E-state index in [1.165, 1.54) is 25.7 Å². The average Bonchev–Trinajstić information content (AvgIpc) is 2.56. The highest BCUT2D eigenvalue weighted by Crippen LogP contribution is 2.47. The van der Waals surface area contributed by atoms with Crippen LogP contribution in [0, 0.1) is 11.3 Å². The van der Waals surface area contributed by atoms with E-state index in [1.807, 2.05) is 0 Å². The molecule has 4 rings (SSSR count). The molecule has 0 aromatic carbocycles. The third-order valence-corrected chi connectivity index (χ3v) is 7.08. The number of nitrogens with one attached hydrogen (secondary N) is 1. The van der Waals surface area contributed by atoms with Crippen molar-refractivity contribution in [2.24, 2.45) is 17.1 Å². The third kappa shape index (κ3) is 3.35. The Morgan fingerprint density at radius 3 is 2.33 bits per heavy atom. The monoisotopic (exact) mass is 336 g/mol. The first kappa shape index (κ1) is 16.8. The van der Waals surface area contributed by atoms with Crippen LogP contribution >= 0.6 is 0 Å². The van der Waals surface area contributed by atoms with Gasteiger partial charge in [-0.15, -0.1) is 0 Å². The van der Waals surface area contributed by atoms with E-state index in [0.717, 1.165) is 58.3 Å². The Hall–Kier alpha value is -0.650. The normalized spacial score (nSPS) is 33.3. The molecule has 2 spiro atoms. The Bertz CT molecular complexity index is 459. The molecule has 2 aliphatic carbocycles. The summed E-state index contributed by atoms with van der Waals surface area (Å²) in [4.78, 5) is 12.6. The number of hydrogen-bond donors (Lipinski definition) is 2. The van der Waals surface area contributed by atoms with Gasteiger partial charge in [0.2, 0.25) is 5.91 Å². The maximum absolute atomic E-state index is 12.6. The highest BCUT2D eigenvalue weighted by Gasteiger charge is 2.50. The minimum Gasteiger partial charge on any atom is -0.381 e. The molecule has 0 aromatic rings. The second-order valence-electron chi connectivity index (χ2n) is 8.78. The molecule has 136 valence electrons. The molecule has 1 amide bonds. The maximum Gasteiger partial charge on any atom is 0.223 e. The van der Waals surface area contributed by atoms with Crippen LogP contribution in [0.4, 0.5) is 0 Å². The molecular formula is C19H32N2O3. The van der Waals surface area contributed by atoms with Crippen LogP contribution < -0.4 is 11.1 Å². The van der Waals surface area contributed by atoms with Crippen molar-refractivity contribution in [3.63, 3.8) is 0 Å². The Labute approximate surface area is 145 Å². The smallest absolute Gasteiger partial charge is 0.223 e. The van der Waals surface area contributed by atoms with Gasteiger partial charge in [-0.2, -0.15) is 0 Å². The number of amides is 1. The molecule has 5 nitrogen and oxygen atoms in total. The van der Waals surface area contributed by atoms with Crippen molar-refractivity contribution < 1.29 is 14.3 Å².